The van der Waals surface area contributed by atoms with Crippen molar-refractivity contribution < 1.29 is 0 Å². The summed E-state index contributed by atoms with van der Waals surface area (Å²) in [7, 11) is 0. The lowest BCUT2D eigenvalue weighted by atomic mass is 9.91. The maximum Gasteiger partial charge on any atom is 0.265 e. The highest BCUT2D eigenvalue weighted by molar-refractivity contribution is 6.20. The normalized spacial score (nSPS) is 14.7. The van der Waals surface area contributed by atoms with Crippen LogP contribution in [0.25, 0.3) is 44.4 Å². The van der Waals surface area contributed by atoms with Gasteiger partial charge >= 0.3 is 0 Å². The third-order valence-electron chi connectivity index (χ3n) is 8.36. The number of anilines is 2. The van der Waals surface area contributed by atoms with E-state index in [1.165, 1.54) is 0 Å². The summed E-state index contributed by atoms with van der Waals surface area (Å²) < 4.78 is 1.75. The van der Waals surface area contributed by atoms with E-state index in [1.54, 1.807) is 4.40 Å². The second-order valence-electron chi connectivity index (χ2n) is 10.7. The van der Waals surface area contributed by atoms with E-state index >= 15 is 0 Å². The highest BCUT2D eigenvalue weighted by atomic mass is 16.1. The Bertz CT molecular complexity index is 2280. The van der Waals surface area contributed by atoms with E-state index in [0.717, 1.165) is 44.1 Å². The molecule has 0 saturated carbocycles. The Morgan fingerprint density at radius 2 is 1.43 bits per heavy atom. The van der Waals surface area contributed by atoms with Gasteiger partial charge in [-0.05, 0) is 64.9 Å². The molecule has 1 aliphatic heterocycles. The van der Waals surface area contributed by atoms with Crippen LogP contribution in [0.15, 0.2) is 126 Å². The molecule has 0 bridgehead atoms. The molecule has 1 aliphatic rings. The minimum atomic E-state index is -0.417. The molecule has 3 heterocycles. The number of fused-ring (bicyclic) bond motifs is 4. The van der Waals surface area contributed by atoms with Gasteiger partial charge < -0.3 is 4.90 Å². The largest absolute Gasteiger partial charge is 0.313 e. The Kier molecular flexibility index (Phi) is 5.25. The summed E-state index contributed by atoms with van der Waals surface area (Å²) in [6.07, 6.45) is 1.84. The van der Waals surface area contributed by atoms with Crippen LogP contribution in [-0.2, 0) is 0 Å². The lowest BCUT2D eigenvalue weighted by Crippen LogP contribution is -2.31. The van der Waals surface area contributed by atoms with Gasteiger partial charge in [0.15, 0.2) is 0 Å². The average molecular weight is 541 g/mol. The summed E-state index contributed by atoms with van der Waals surface area (Å²) in [5, 5.41) is 13.9. The third-order valence-corrected chi connectivity index (χ3v) is 8.36. The molecule has 0 saturated heterocycles. The number of hydrogen-bond donors (Lipinski definition) is 0. The van der Waals surface area contributed by atoms with Crippen molar-refractivity contribution in [3.63, 3.8) is 0 Å². The van der Waals surface area contributed by atoms with Crippen molar-refractivity contribution in [3.05, 3.63) is 148 Å². The highest BCUT2D eigenvalue weighted by Crippen LogP contribution is 2.46. The SMILES string of the molecule is Cc1ccc2c(=O)n3c4c(nc3c3ccc(-c5ccccc5)c1c23)C=C(C#N)C(c1ccccc1)N4c1ccccc1. The Balaban J connectivity index is 1.51. The molecule has 1 atom stereocenters. The van der Waals surface area contributed by atoms with Gasteiger partial charge in [-0.2, -0.15) is 5.26 Å². The van der Waals surface area contributed by atoms with E-state index in [0.29, 0.717) is 28.1 Å². The minimum absolute atomic E-state index is 0.122. The molecular weight excluding hydrogens is 516 g/mol. The van der Waals surface area contributed by atoms with Crippen molar-refractivity contribution in [2.75, 3.05) is 4.90 Å². The number of hydrogen-bond acceptors (Lipinski definition) is 4. The van der Waals surface area contributed by atoms with Crippen molar-refractivity contribution >= 4 is 44.8 Å². The molecule has 5 aromatic carbocycles. The van der Waals surface area contributed by atoms with Crippen molar-refractivity contribution in [1.29, 1.82) is 5.26 Å². The van der Waals surface area contributed by atoms with Crippen LogP contribution in [0.4, 0.5) is 11.5 Å². The average Bonchev–Trinajstić information content (AvgIpc) is 3.44. The van der Waals surface area contributed by atoms with E-state index in [2.05, 4.69) is 42.2 Å². The Hall–Kier alpha value is -5.73. The minimum Gasteiger partial charge on any atom is -0.313 e. The molecule has 0 N–H and O–H groups in total. The summed E-state index contributed by atoms with van der Waals surface area (Å²) in [6.45, 7) is 2.09. The van der Waals surface area contributed by atoms with Gasteiger partial charge in [-0.15, -0.1) is 0 Å². The van der Waals surface area contributed by atoms with Crippen LogP contribution < -0.4 is 10.5 Å². The predicted molar refractivity (Wildman–Crippen MR) is 169 cm³/mol. The van der Waals surface area contributed by atoms with Gasteiger partial charge in [0.25, 0.3) is 5.56 Å². The topological polar surface area (TPSA) is 61.4 Å². The monoisotopic (exact) mass is 540 g/mol. The molecule has 0 amide bonds. The summed E-state index contributed by atoms with van der Waals surface area (Å²) in [5.74, 6) is 0.667. The van der Waals surface area contributed by atoms with Crippen LogP contribution in [0.1, 0.15) is 22.9 Å². The third kappa shape index (κ3) is 3.36. The summed E-state index contributed by atoms with van der Waals surface area (Å²) >= 11 is 0. The Morgan fingerprint density at radius 3 is 2.14 bits per heavy atom. The van der Waals surface area contributed by atoms with Gasteiger partial charge in [0.2, 0.25) is 0 Å². The number of para-hydroxylation sites is 1. The van der Waals surface area contributed by atoms with Crippen molar-refractivity contribution in [2.24, 2.45) is 0 Å². The molecule has 42 heavy (non-hydrogen) atoms. The molecule has 5 nitrogen and oxygen atoms in total. The molecule has 2 aromatic heterocycles. The lowest BCUT2D eigenvalue weighted by molar-refractivity contribution is 0.795. The molecular formula is C37H24N4O. The first-order valence-electron chi connectivity index (χ1n) is 14.0. The number of aryl methyl sites for hydroxylation is 1. The maximum absolute atomic E-state index is 14.6. The highest BCUT2D eigenvalue weighted by Gasteiger charge is 2.36. The summed E-state index contributed by atoms with van der Waals surface area (Å²) in [6, 6.07) is 40.4. The number of pyridine rings is 1. The van der Waals surface area contributed by atoms with E-state index in [4.69, 9.17) is 4.98 Å². The standard InChI is InChI=1S/C37H24N4O/c1-23-17-18-30-33-29(20-19-28(32(23)33)24-11-5-2-6-12-24)35-39-31-21-26(22-38)34(25-13-7-3-8-14-25)40(27-15-9-4-10-16-27)36(31)41(35)37(30)42/h2-21,34H,1H3. The summed E-state index contributed by atoms with van der Waals surface area (Å²) in [5.41, 5.74) is 6.79. The molecule has 7 aromatic rings. The van der Waals surface area contributed by atoms with Gasteiger partial charge in [0.1, 0.15) is 17.2 Å². The number of benzene rings is 5. The first-order valence-corrected chi connectivity index (χ1v) is 14.0. The van der Waals surface area contributed by atoms with E-state index in [-0.39, 0.29) is 5.56 Å². The second-order valence-corrected chi connectivity index (χ2v) is 10.7. The van der Waals surface area contributed by atoms with Gasteiger partial charge in [-0.1, -0.05) is 91.0 Å². The van der Waals surface area contributed by atoms with Crippen LogP contribution in [0, 0.1) is 18.3 Å². The van der Waals surface area contributed by atoms with Gasteiger partial charge in [-0.25, -0.2) is 9.38 Å². The first kappa shape index (κ1) is 24.1. The first-order chi connectivity index (χ1) is 20.7. The molecule has 1 unspecified atom stereocenters. The van der Waals surface area contributed by atoms with Crippen LogP contribution in [0.3, 0.4) is 0 Å². The summed E-state index contributed by atoms with van der Waals surface area (Å²) in [4.78, 5) is 21.7. The number of aromatic nitrogens is 2. The fourth-order valence-electron chi connectivity index (χ4n) is 6.55. The second kappa shape index (κ2) is 9.15. The Morgan fingerprint density at radius 1 is 0.762 bits per heavy atom. The maximum atomic E-state index is 14.6. The van der Waals surface area contributed by atoms with Crippen LogP contribution in [-0.4, -0.2) is 9.38 Å². The molecule has 0 spiro atoms. The zero-order chi connectivity index (χ0) is 28.4. The van der Waals surface area contributed by atoms with Crippen molar-refractivity contribution in [2.45, 2.75) is 13.0 Å². The van der Waals surface area contributed by atoms with Crippen LogP contribution >= 0.6 is 0 Å². The molecule has 198 valence electrons. The zero-order valence-corrected chi connectivity index (χ0v) is 22.8. The lowest BCUT2D eigenvalue weighted by Gasteiger charge is -2.36. The van der Waals surface area contributed by atoms with Crippen molar-refractivity contribution in [1.82, 2.24) is 9.38 Å². The fraction of sp³-hybridized carbons (Fsp3) is 0.0541. The number of imidazole rings is 1. The fourth-order valence-corrected chi connectivity index (χ4v) is 6.55. The van der Waals surface area contributed by atoms with Gasteiger partial charge in [0.05, 0.1) is 17.7 Å². The Labute approximate surface area is 242 Å². The molecule has 0 radical (unpaired) electrons. The predicted octanol–water partition coefficient (Wildman–Crippen LogP) is 8.21. The number of nitrogens with zero attached hydrogens (tertiary/aromatic N) is 4. The molecule has 8 rings (SSSR count). The number of rotatable bonds is 3. The van der Waals surface area contributed by atoms with Crippen LogP contribution in [0.5, 0.6) is 0 Å². The van der Waals surface area contributed by atoms with Gasteiger partial charge in [0, 0.05) is 21.8 Å². The number of nitriles is 1. The van der Waals surface area contributed by atoms with E-state index in [1.807, 2.05) is 97.1 Å². The smallest absolute Gasteiger partial charge is 0.265 e. The van der Waals surface area contributed by atoms with Gasteiger partial charge in [-0.3, -0.25) is 4.79 Å². The molecule has 0 fully saturated rings. The quantitative estimate of drug-likeness (QED) is 0.227. The van der Waals surface area contributed by atoms with E-state index < -0.39 is 6.04 Å². The van der Waals surface area contributed by atoms with Crippen LogP contribution in [0.2, 0.25) is 0 Å². The molecule has 0 aliphatic carbocycles. The van der Waals surface area contributed by atoms with Crippen molar-refractivity contribution in [3.8, 4) is 17.2 Å². The van der Waals surface area contributed by atoms with E-state index in [9.17, 15) is 10.1 Å². The zero-order valence-electron chi connectivity index (χ0n) is 22.8. The molecule has 5 heteroatoms.